The molecule has 50 heavy (non-hydrogen) atoms. The molecule has 1 atom stereocenters. The highest BCUT2D eigenvalue weighted by Crippen LogP contribution is 2.34. The summed E-state index contributed by atoms with van der Waals surface area (Å²) < 4.78 is 68.1. The first-order chi connectivity index (χ1) is 23.7. The summed E-state index contributed by atoms with van der Waals surface area (Å²) in [5, 5.41) is 18.3. The molecule has 0 saturated heterocycles. The average Bonchev–Trinajstić information content (AvgIpc) is 3.86. The number of rotatable bonds is 10. The van der Waals surface area contributed by atoms with Crippen LogP contribution in [0.2, 0.25) is 5.02 Å². The van der Waals surface area contributed by atoms with Crippen molar-refractivity contribution < 1.29 is 21.2 Å². The van der Waals surface area contributed by atoms with Crippen LogP contribution in [0, 0.1) is 24.1 Å². The van der Waals surface area contributed by atoms with E-state index in [1.807, 2.05) is 54.6 Å². The third-order valence-electron chi connectivity index (χ3n) is 7.85. The Kier molecular flexibility index (Phi) is 10.9. The minimum Gasteiger partial charge on any atom is -0.251 e. The van der Waals surface area contributed by atoms with Gasteiger partial charge in [0.25, 0.3) is 5.16 Å². The number of aryl methyl sites for hydroxylation is 1. The maximum atomic E-state index is 13.7. The molecule has 0 aliphatic carbocycles. The van der Waals surface area contributed by atoms with Gasteiger partial charge in [-0.25, -0.2) is 18.3 Å². The van der Waals surface area contributed by atoms with Crippen LogP contribution in [-0.4, -0.2) is 68.1 Å². The topological polar surface area (TPSA) is 162 Å². The number of benzene rings is 3. The van der Waals surface area contributed by atoms with Crippen LogP contribution in [0.1, 0.15) is 23.2 Å². The van der Waals surface area contributed by atoms with E-state index in [0.29, 0.717) is 26.9 Å². The minimum absolute atomic E-state index is 0.0844. The second-order valence-electron chi connectivity index (χ2n) is 11.3. The van der Waals surface area contributed by atoms with Crippen molar-refractivity contribution in [3.05, 3.63) is 124 Å². The third kappa shape index (κ3) is 7.49. The summed E-state index contributed by atoms with van der Waals surface area (Å²) >= 11 is 9.24. The Labute approximate surface area is 301 Å². The summed E-state index contributed by atoms with van der Waals surface area (Å²) in [6, 6.07) is 23.9. The molecule has 0 N–H and O–H groups in total. The molecule has 0 bridgehead atoms. The Bertz CT molecular complexity index is 2380. The molecule has 0 fully saturated rings. The predicted molar refractivity (Wildman–Crippen MR) is 188 cm³/mol. The molecular formula is C32H30BrClFN9O4S2. The zero-order chi connectivity index (χ0) is 36.3. The first-order valence-electron chi connectivity index (χ1n) is 14.8. The second kappa shape index (κ2) is 14.8. The van der Waals surface area contributed by atoms with Crippen LogP contribution < -0.4 is 0 Å². The number of halogens is 3. The lowest BCUT2D eigenvalue weighted by molar-refractivity contribution is 0.402. The van der Waals surface area contributed by atoms with Crippen LogP contribution in [0.5, 0.6) is 0 Å². The Hall–Kier alpha value is -4.47. The van der Waals surface area contributed by atoms with Crippen LogP contribution >= 0.6 is 27.5 Å². The highest BCUT2D eigenvalue weighted by atomic mass is 79.9. The lowest BCUT2D eigenvalue weighted by Crippen LogP contribution is -2.31. The molecule has 1 unspecified atom stereocenters. The van der Waals surface area contributed by atoms with Crippen molar-refractivity contribution in [2.75, 3.05) is 14.1 Å². The molecule has 6 aromatic rings. The molecule has 0 spiro atoms. The largest absolute Gasteiger partial charge is 0.323 e. The number of hydrogen-bond acceptors (Lipinski definition) is 9. The highest BCUT2D eigenvalue weighted by Gasteiger charge is 2.33. The SMILES string of the molecule is Cc1c(Br)c2ccc(F)cc2n1S(=O)(=O)c1ncn(S(=O)(=O)N(C)C)n1.N#CC(CCc1ccc(Cl)cc1)(Cn1cncn1)c1ccccc1. The number of hydrogen-bond donors (Lipinski definition) is 0. The maximum Gasteiger partial charge on any atom is 0.323 e. The Balaban J connectivity index is 0.000000195. The van der Waals surface area contributed by atoms with Gasteiger partial charge in [0, 0.05) is 34.7 Å². The van der Waals surface area contributed by atoms with Crippen LogP contribution in [0.3, 0.4) is 0 Å². The summed E-state index contributed by atoms with van der Waals surface area (Å²) in [7, 11) is -5.84. The standard InChI is InChI=1S/C19H17ClN4.C13H13BrFN5O4S2/c20-18-8-6-16(7-9-18)10-11-19(12-21,13-24-15-22-14-23-24)17-4-2-1-3-5-17;1-8-12(14)10-5-4-9(15)6-11(10)20(8)25(21,22)13-16-7-19(17-13)26(23,24)18(2)3/h1-9,14-15H,10-11,13H2;4-7H,1-3H3. The smallest absolute Gasteiger partial charge is 0.251 e. The van der Waals surface area contributed by atoms with Gasteiger partial charge in [-0.1, -0.05) is 54.1 Å². The number of aromatic nitrogens is 7. The van der Waals surface area contributed by atoms with E-state index in [2.05, 4.69) is 42.2 Å². The number of nitriles is 1. The van der Waals surface area contributed by atoms with Crippen molar-refractivity contribution >= 4 is 58.7 Å². The fraction of sp³-hybridized carbons (Fsp3) is 0.219. The summed E-state index contributed by atoms with van der Waals surface area (Å²) in [5.74, 6) is -0.618. The van der Waals surface area contributed by atoms with E-state index >= 15 is 0 Å². The summed E-state index contributed by atoms with van der Waals surface area (Å²) in [5.41, 5.74) is 1.86. The van der Waals surface area contributed by atoms with E-state index < -0.39 is 36.6 Å². The molecule has 18 heteroatoms. The van der Waals surface area contributed by atoms with Gasteiger partial charge in [-0.15, -0.1) is 9.19 Å². The molecule has 0 amide bonds. The first-order valence-corrected chi connectivity index (χ1v) is 18.8. The van der Waals surface area contributed by atoms with Gasteiger partial charge >= 0.3 is 20.2 Å². The molecular weight excluding hydrogens is 773 g/mol. The number of nitrogens with zero attached hydrogens (tertiary/aromatic N) is 9. The molecule has 3 aromatic heterocycles. The molecule has 0 aliphatic rings. The molecule has 0 radical (unpaired) electrons. The molecule has 3 aromatic carbocycles. The van der Waals surface area contributed by atoms with E-state index in [4.69, 9.17) is 11.6 Å². The monoisotopic (exact) mass is 801 g/mol. The van der Waals surface area contributed by atoms with Crippen LogP contribution in [0.25, 0.3) is 10.9 Å². The van der Waals surface area contributed by atoms with E-state index in [9.17, 15) is 26.5 Å². The first kappa shape index (κ1) is 36.8. The molecule has 260 valence electrons. The lowest BCUT2D eigenvalue weighted by atomic mass is 9.77. The normalized spacial score (nSPS) is 13.1. The second-order valence-corrected chi connectivity index (χ2v) is 16.2. The average molecular weight is 803 g/mol. The molecule has 13 nitrogen and oxygen atoms in total. The lowest BCUT2D eigenvalue weighted by Gasteiger charge is -2.27. The van der Waals surface area contributed by atoms with Crippen molar-refractivity contribution in [2.45, 2.75) is 36.9 Å². The third-order valence-corrected chi connectivity index (χ3v) is 12.3. The van der Waals surface area contributed by atoms with E-state index in [0.717, 1.165) is 43.2 Å². The van der Waals surface area contributed by atoms with E-state index in [1.165, 1.54) is 39.5 Å². The summed E-state index contributed by atoms with van der Waals surface area (Å²) in [4.78, 5) is 7.61. The maximum absolute atomic E-state index is 13.7. The van der Waals surface area contributed by atoms with Crippen LogP contribution in [0.4, 0.5) is 4.39 Å². The van der Waals surface area contributed by atoms with Crippen molar-refractivity contribution in [1.82, 2.24) is 37.2 Å². The van der Waals surface area contributed by atoms with Gasteiger partial charge < -0.3 is 0 Å². The fourth-order valence-electron chi connectivity index (χ4n) is 5.17. The fourth-order valence-corrected chi connectivity index (χ4v) is 8.06. The zero-order valence-corrected chi connectivity index (χ0v) is 30.9. The highest BCUT2D eigenvalue weighted by molar-refractivity contribution is 9.10. The van der Waals surface area contributed by atoms with Gasteiger partial charge in [-0.3, -0.25) is 4.68 Å². The number of fused-ring (bicyclic) bond motifs is 1. The quantitative estimate of drug-likeness (QED) is 0.178. The van der Waals surface area contributed by atoms with Crippen molar-refractivity contribution in [2.24, 2.45) is 0 Å². The van der Waals surface area contributed by atoms with Gasteiger partial charge in [-0.05, 0) is 77.2 Å². The predicted octanol–water partition coefficient (Wildman–Crippen LogP) is 5.36. The van der Waals surface area contributed by atoms with Crippen LogP contribution in [0.15, 0.2) is 101 Å². The van der Waals surface area contributed by atoms with Crippen molar-refractivity contribution in [1.29, 1.82) is 5.26 Å². The molecule has 0 saturated carbocycles. The van der Waals surface area contributed by atoms with Crippen molar-refractivity contribution in [3.63, 3.8) is 0 Å². The van der Waals surface area contributed by atoms with Gasteiger partial charge in [-0.2, -0.15) is 31.5 Å². The van der Waals surface area contributed by atoms with Crippen molar-refractivity contribution in [3.8, 4) is 6.07 Å². The van der Waals surface area contributed by atoms with Gasteiger partial charge in [0.2, 0.25) is 0 Å². The Morgan fingerprint density at radius 3 is 2.34 bits per heavy atom. The Morgan fingerprint density at radius 2 is 1.72 bits per heavy atom. The van der Waals surface area contributed by atoms with Gasteiger partial charge in [0.1, 0.15) is 30.2 Å². The van der Waals surface area contributed by atoms with Gasteiger partial charge in [0.05, 0.1) is 18.1 Å². The summed E-state index contributed by atoms with van der Waals surface area (Å²) in [6.07, 6.45) is 5.41. The van der Waals surface area contributed by atoms with E-state index in [-0.39, 0.29) is 11.2 Å². The molecule has 6 rings (SSSR count). The zero-order valence-electron chi connectivity index (χ0n) is 26.9. The summed E-state index contributed by atoms with van der Waals surface area (Å²) in [6.45, 7) is 1.99. The van der Waals surface area contributed by atoms with E-state index in [1.54, 1.807) is 11.0 Å². The minimum atomic E-state index is -4.36. The van der Waals surface area contributed by atoms with Crippen LogP contribution in [-0.2, 0) is 38.6 Å². The van der Waals surface area contributed by atoms with Gasteiger partial charge in [0.15, 0.2) is 0 Å². The Morgan fingerprint density at radius 1 is 1.02 bits per heavy atom. The molecule has 0 aliphatic heterocycles. The molecule has 3 heterocycles.